The number of rotatable bonds is 19. The summed E-state index contributed by atoms with van der Waals surface area (Å²) >= 11 is 0. The van der Waals surface area contributed by atoms with Gasteiger partial charge in [-0.1, -0.05) is 15.5 Å². The van der Waals surface area contributed by atoms with Gasteiger partial charge in [-0.2, -0.15) is 5.26 Å². The van der Waals surface area contributed by atoms with Crippen molar-refractivity contribution in [1.29, 1.82) is 5.26 Å². The Labute approximate surface area is 180 Å². The van der Waals surface area contributed by atoms with Crippen molar-refractivity contribution in [3.63, 3.8) is 0 Å². The summed E-state index contributed by atoms with van der Waals surface area (Å²) in [5.41, 5.74) is 15.6. The van der Waals surface area contributed by atoms with Crippen LogP contribution in [0.1, 0.15) is 25.7 Å². The Morgan fingerprint density at radius 2 is 1.00 bits per heavy atom. The molecule has 14 heteroatoms. The molecule has 0 spiro atoms. The zero-order valence-corrected chi connectivity index (χ0v) is 17.5. The van der Waals surface area contributed by atoms with E-state index in [1.807, 2.05) is 6.07 Å². The topological polar surface area (TPSA) is 237 Å². The monoisotopic (exact) mass is 447 g/mol. The molecule has 0 aliphatic carbocycles. The lowest BCUT2D eigenvalue weighted by Gasteiger charge is -2.33. The third kappa shape index (κ3) is 14.7. The minimum Gasteiger partial charge on any atom is -0.409 e. The Bertz CT molecular complexity index is 544. The van der Waals surface area contributed by atoms with E-state index < -0.39 is 5.41 Å². The largest absolute Gasteiger partial charge is 0.409 e. The van der Waals surface area contributed by atoms with E-state index in [1.54, 1.807) is 0 Å². The first-order valence-electron chi connectivity index (χ1n) is 9.50. The lowest BCUT2D eigenvalue weighted by atomic mass is 9.92. The van der Waals surface area contributed by atoms with Gasteiger partial charge >= 0.3 is 0 Å². The Morgan fingerprint density at radius 3 is 1.29 bits per heavy atom. The minimum atomic E-state index is -0.767. The fourth-order valence-corrected chi connectivity index (χ4v) is 2.20. The number of nitriles is 1. The summed E-state index contributed by atoms with van der Waals surface area (Å²) in [6, 6.07) is 2.00. The standard InChI is InChI=1S/C17H33N7O7/c18-5-1-6-28-10-17(11-29-7-2-14(19)22-25,12-30-8-3-15(20)23-26)13-31-9-4-16(21)24-27/h25-27H,1-4,6-13H2,(H2,19,22)(H2,20,23)(H2,21,24). The van der Waals surface area contributed by atoms with E-state index in [2.05, 4.69) is 15.5 Å². The maximum Gasteiger partial charge on any atom is 0.141 e. The summed E-state index contributed by atoms with van der Waals surface area (Å²) in [7, 11) is 0. The molecule has 0 unspecified atom stereocenters. The van der Waals surface area contributed by atoms with Crippen molar-refractivity contribution in [2.45, 2.75) is 25.7 Å². The second kappa shape index (κ2) is 18.0. The maximum absolute atomic E-state index is 8.71. The van der Waals surface area contributed by atoms with E-state index in [0.717, 1.165) is 0 Å². The molecule has 178 valence electrons. The molecule has 0 saturated carbocycles. The zero-order valence-electron chi connectivity index (χ0n) is 17.5. The smallest absolute Gasteiger partial charge is 0.141 e. The molecule has 14 nitrogen and oxygen atoms in total. The number of amidine groups is 3. The second-order valence-electron chi connectivity index (χ2n) is 6.64. The van der Waals surface area contributed by atoms with Crippen LogP contribution in [-0.2, 0) is 18.9 Å². The molecular formula is C17H33N7O7. The van der Waals surface area contributed by atoms with Gasteiger partial charge in [0, 0.05) is 19.3 Å². The number of nitrogens with two attached hydrogens (primary N) is 3. The summed E-state index contributed by atoms with van der Waals surface area (Å²) in [4.78, 5) is 0. The maximum atomic E-state index is 8.71. The molecule has 0 amide bonds. The normalized spacial score (nSPS) is 13.3. The predicted octanol–water partition coefficient (Wildman–Crippen LogP) is -0.638. The quantitative estimate of drug-likeness (QED) is 0.0478. The Balaban J connectivity index is 5.05. The first-order chi connectivity index (χ1) is 14.9. The van der Waals surface area contributed by atoms with Crippen molar-refractivity contribution in [1.82, 2.24) is 0 Å². The van der Waals surface area contributed by atoms with Gasteiger partial charge in [0.2, 0.25) is 0 Å². The average molecular weight is 447 g/mol. The zero-order chi connectivity index (χ0) is 23.4. The van der Waals surface area contributed by atoms with Crippen molar-refractivity contribution in [2.75, 3.05) is 52.9 Å². The molecule has 0 aromatic heterocycles. The molecule has 0 heterocycles. The molecule has 0 saturated heterocycles. The van der Waals surface area contributed by atoms with E-state index in [1.165, 1.54) is 0 Å². The first kappa shape index (κ1) is 28.1. The van der Waals surface area contributed by atoms with E-state index >= 15 is 0 Å². The van der Waals surface area contributed by atoms with Crippen LogP contribution in [0, 0.1) is 16.7 Å². The van der Waals surface area contributed by atoms with Crippen LogP contribution < -0.4 is 17.2 Å². The molecule has 0 atom stereocenters. The summed E-state index contributed by atoms with van der Waals surface area (Å²) in [6.45, 7) is 1.36. The highest BCUT2D eigenvalue weighted by Gasteiger charge is 2.32. The third-order valence-corrected chi connectivity index (χ3v) is 3.88. The molecular weight excluding hydrogens is 414 g/mol. The van der Waals surface area contributed by atoms with Gasteiger partial charge in [-0.15, -0.1) is 0 Å². The predicted molar refractivity (Wildman–Crippen MR) is 110 cm³/mol. The molecule has 31 heavy (non-hydrogen) atoms. The van der Waals surface area contributed by atoms with Crippen molar-refractivity contribution in [2.24, 2.45) is 38.1 Å². The molecule has 0 aromatic carbocycles. The summed E-state index contributed by atoms with van der Waals surface area (Å²) in [5.74, 6) is 0.0858. The second-order valence-corrected chi connectivity index (χ2v) is 6.64. The van der Waals surface area contributed by atoms with Crippen molar-refractivity contribution in [3.05, 3.63) is 0 Å². The van der Waals surface area contributed by atoms with Crippen LogP contribution in [-0.4, -0.2) is 86.0 Å². The highest BCUT2D eigenvalue weighted by atomic mass is 16.5. The minimum absolute atomic E-state index is 0.0286. The number of hydrogen-bond acceptors (Lipinski definition) is 11. The van der Waals surface area contributed by atoms with Gasteiger partial charge in [-0.25, -0.2) is 0 Å². The van der Waals surface area contributed by atoms with E-state index in [-0.39, 0.29) is 96.0 Å². The SMILES string of the molecule is N#CCCOCC(COCCC(N)=NO)(COCC/C(N)=N\O)COCC/C(N)=N\O. The Kier molecular flexibility index (Phi) is 16.3. The summed E-state index contributed by atoms with van der Waals surface area (Å²) in [6.07, 6.45) is 0.874. The average Bonchev–Trinajstić information content (AvgIpc) is 2.79. The fourth-order valence-electron chi connectivity index (χ4n) is 2.20. The molecule has 0 aliphatic heterocycles. The van der Waals surface area contributed by atoms with E-state index in [4.69, 9.17) is 57.0 Å². The highest BCUT2D eigenvalue weighted by Crippen LogP contribution is 2.21. The lowest BCUT2D eigenvalue weighted by molar-refractivity contribution is -0.104. The number of oxime groups is 3. The number of nitrogens with zero attached hydrogens (tertiary/aromatic N) is 4. The van der Waals surface area contributed by atoms with Gasteiger partial charge in [0.05, 0.1) is 70.8 Å². The van der Waals surface area contributed by atoms with Gasteiger partial charge in [0.25, 0.3) is 0 Å². The molecule has 0 fully saturated rings. The van der Waals surface area contributed by atoms with Crippen LogP contribution in [0.5, 0.6) is 0 Å². The third-order valence-electron chi connectivity index (χ3n) is 3.88. The van der Waals surface area contributed by atoms with Crippen LogP contribution in [0.3, 0.4) is 0 Å². The van der Waals surface area contributed by atoms with Gasteiger partial charge in [0.15, 0.2) is 0 Å². The van der Waals surface area contributed by atoms with Gasteiger partial charge in [-0.05, 0) is 0 Å². The van der Waals surface area contributed by atoms with Gasteiger partial charge in [-0.3, -0.25) is 0 Å². The van der Waals surface area contributed by atoms with E-state index in [0.29, 0.717) is 0 Å². The van der Waals surface area contributed by atoms with E-state index in [9.17, 15) is 0 Å². The molecule has 0 radical (unpaired) electrons. The fraction of sp³-hybridized carbons (Fsp3) is 0.765. The van der Waals surface area contributed by atoms with Crippen molar-refractivity contribution >= 4 is 17.5 Å². The molecule has 0 rings (SSSR count). The van der Waals surface area contributed by atoms with Gasteiger partial charge in [0.1, 0.15) is 17.5 Å². The Morgan fingerprint density at radius 1 is 0.677 bits per heavy atom. The van der Waals surface area contributed by atoms with Crippen LogP contribution in [0.2, 0.25) is 0 Å². The molecule has 0 aromatic rings. The number of ether oxygens (including phenoxy) is 4. The summed E-state index contributed by atoms with van der Waals surface area (Å²) < 4.78 is 22.6. The first-order valence-corrected chi connectivity index (χ1v) is 9.50. The Hall–Kier alpha value is -2.86. The van der Waals surface area contributed by atoms with Crippen LogP contribution in [0.15, 0.2) is 15.5 Å². The molecule has 9 N–H and O–H groups in total. The van der Waals surface area contributed by atoms with Crippen LogP contribution >= 0.6 is 0 Å². The lowest BCUT2D eigenvalue weighted by Crippen LogP contribution is -2.42. The van der Waals surface area contributed by atoms with Crippen molar-refractivity contribution in [3.8, 4) is 6.07 Å². The van der Waals surface area contributed by atoms with Crippen LogP contribution in [0.4, 0.5) is 0 Å². The van der Waals surface area contributed by atoms with Gasteiger partial charge < -0.3 is 51.8 Å². The number of hydrogen-bond donors (Lipinski definition) is 6. The van der Waals surface area contributed by atoms with Crippen LogP contribution in [0.25, 0.3) is 0 Å². The molecule has 0 aliphatic rings. The van der Waals surface area contributed by atoms with Crippen molar-refractivity contribution < 1.29 is 34.6 Å². The summed E-state index contributed by atoms with van der Waals surface area (Å²) in [5, 5.41) is 43.2. The molecule has 0 bridgehead atoms. The highest BCUT2D eigenvalue weighted by molar-refractivity contribution is 5.80.